The summed E-state index contributed by atoms with van der Waals surface area (Å²) >= 11 is 0. The average molecular weight is 399 g/mol. The van der Waals surface area contributed by atoms with Gasteiger partial charge in [-0.05, 0) is 55.8 Å². The third-order valence-electron chi connectivity index (χ3n) is 5.00. The first-order valence-electron chi connectivity index (χ1n) is 9.98. The number of nitrogens with zero attached hydrogens (tertiary/aromatic N) is 2. The largest absolute Gasteiger partial charge is 0.493 e. The van der Waals surface area contributed by atoms with Crippen LogP contribution in [0.4, 0.5) is 0 Å². The molecule has 0 aliphatic rings. The topological polar surface area (TPSA) is 72.1 Å². The van der Waals surface area contributed by atoms with Crippen molar-refractivity contribution in [3.63, 3.8) is 0 Å². The minimum atomic E-state index is 0.187. The van der Waals surface area contributed by atoms with E-state index in [1.54, 1.807) is 14.2 Å². The number of likely N-dealkylation sites (N-methyl/N-ethyl adjacent to an activating group) is 1. The van der Waals surface area contributed by atoms with Gasteiger partial charge in [-0.25, -0.2) is 0 Å². The van der Waals surface area contributed by atoms with Crippen molar-refractivity contribution >= 4 is 5.96 Å². The van der Waals surface area contributed by atoms with Crippen LogP contribution in [0.3, 0.4) is 0 Å². The first kappa shape index (κ1) is 22.6. The second-order valence-corrected chi connectivity index (χ2v) is 7.17. The normalized spacial score (nSPS) is 12.7. The molecular formula is C23H34N4O2. The van der Waals surface area contributed by atoms with Gasteiger partial charge in [-0.2, -0.15) is 0 Å². The number of guanidine groups is 1. The lowest BCUT2D eigenvalue weighted by Crippen LogP contribution is -2.34. The van der Waals surface area contributed by atoms with Gasteiger partial charge in [0.05, 0.1) is 26.8 Å². The zero-order chi connectivity index (χ0) is 21.2. The van der Waals surface area contributed by atoms with E-state index in [2.05, 4.69) is 60.5 Å². The molecule has 0 heterocycles. The second kappa shape index (κ2) is 11.3. The number of nitrogens with one attached hydrogen (secondary N) is 1. The number of benzene rings is 2. The predicted molar refractivity (Wildman–Crippen MR) is 120 cm³/mol. The quantitative estimate of drug-likeness (QED) is 0.475. The standard InChI is InChI=1S/C23H34N4O2/c1-6-17-7-10-19(11-8-17)20(27(2)3)16-26-23(24)25-14-13-18-9-12-21(28-4)22(15-18)29-5/h7-12,15,20H,6,13-14,16H2,1-5H3,(H3,24,25,26). The van der Waals surface area contributed by atoms with Crippen LogP contribution < -0.4 is 20.5 Å². The number of hydrogen-bond donors (Lipinski definition) is 2. The molecule has 0 aromatic heterocycles. The molecule has 2 aromatic carbocycles. The first-order chi connectivity index (χ1) is 14.0. The van der Waals surface area contributed by atoms with Crippen LogP contribution in [0.25, 0.3) is 0 Å². The van der Waals surface area contributed by atoms with Gasteiger partial charge in [-0.1, -0.05) is 37.3 Å². The summed E-state index contributed by atoms with van der Waals surface area (Å²) in [6.07, 6.45) is 1.86. The number of methoxy groups -OCH3 is 2. The molecule has 0 aliphatic heterocycles. The molecule has 158 valence electrons. The third-order valence-corrected chi connectivity index (χ3v) is 5.00. The maximum atomic E-state index is 6.09. The number of nitrogens with two attached hydrogens (primary N) is 1. The molecule has 0 saturated heterocycles. The van der Waals surface area contributed by atoms with Gasteiger partial charge >= 0.3 is 0 Å². The fourth-order valence-corrected chi connectivity index (χ4v) is 3.15. The van der Waals surface area contributed by atoms with E-state index in [9.17, 15) is 0 Å². The van der Waals surface area contributed by atoms with Crippen molar-refractivity contribution in [2.45, 2.75) is 25.8 Å². The van der Waals surface area contributed by atoms with Gasteiger partial charge in [0.1, 0.15) is 0 Å². The molecule has 0 saturated carbocycles. The van der Waals surface area contributed by atoms with E-state index < -0.39 is 0 Å². The molecule has 0 amide bonds. The second-order valence-electron chi connectivity index (χ2n) is 7.17. The average Bonchev–Trinajstić information content (AvgIpc) is 2.74. The van der Waals surface area contributed by atoms with E-state index in [0.29, 0.717) is 19.0 Å². The van der Waals surface area contributed by atoms with Crippen LogP contribution in [0.5, 0.6) is 11.5 Å². The minimum absolute atomic E-state index is 0.187. The Hall–Kier alpha value is -2.73. The molecule has 0 spiro atoms. The first-order valence-corrected chi connectivity index (χ1v) is 9.98. The maximum Gasteiger partial charge on any atom is 0.188 e. The molecule has 2 rings (SSSR count). The Morgan fingerprint density at radius 2 is 1.69 bits per heavy atom. The van der Waals surface area contributed by atoms with Crippen LogP contribution >= 0.6 is 0 Å². The fraction of sp³-hybridized carbons (Fsp3) is 0.435. The monoisotopic (exact) mass is 398 g/mol. The Morgan fingerprint density at radius 3 is 2.28 bits per heavy atom. The molecule has 0 aliphatic carbocycles. The summed E-state index contributed by atoms with van der Waals surface area (Å²) in [6.45, 7) is 3.47. The molecule has 29 heavy (non-hydrogen) atoms. The van der Waals surface area contributed by atoms with Crippen molar-refractivity contribution < 1.29 is 9.47 Å². The Morgan fingerprint density at radius 1 is 1.03 bits per heavy atom. The number of rotatable bonds is 10. The minimum Gasteiger partial charge on any atom is -0.493 e. The van der Waals surface area contributed by atoms with Crippen molar-refractivity contribution in [1.29, 1.82) is 0 Å². The highest BCUT2D eigenvalue weighted by Gasteiger charge is 2.13. The van der Waals surface area contributed by atoms with Crippen molar-refractivity contribution in [1.82, 2.24) is 10.2 Å². The third kappa shape index (κ3) is 6.68. The summed E-state index contributed by atoms with van der Waals surface area (Å²) in [5, 5.41) is 3.20. The van der Waals surface area contributed by atoms with Crippen molar-refractivity contribution in [2.24, 2.45) is 10.7 Å². The molecule has 6 nitrogen and oxygen atoms in total. The van der Waals surface area contributed by atoms with Gasteiger partial charge in [-0.3, -0.25) is 4.99 Å². The summed E-state index contributed by atoms with van der Waals surface area (Å²) in [5.74, 6) is 1.92. The molecule has 2 aromatic rings. The Labute approximate surface area is 174 Å². The molecule has 1 unspecified atom stereocenters. The van der Waals surface area contributed by atoms with Crippen LogP contribution in [-0.2, 0) is 12.8 Å². The van der Waals surface area contributed by atoms with E-state index in [4.69, 9.17) is 15.2 Å². The summed E-state index contributed by atoms with van der Waals surface area (Å²) in [4.78, 5) is 6.72. The molecule has 3 N–H and O–H groups in total. The number of aliphatic imine (C=N–C) groups is 1. The van der Waals surface area contributed by atoms with E-state index >= 15 is 0 Å². The molecule has 0 fully saturated rings. The van der Waals surface area contributed by atoms with Crippen molar-refractivity contribution in [3.05, 3.63) is 59.2 Å². The maximum absolute atomic E-state index is 6.09. The van der Waals surface area contributed by atoms with E-state index in [1.165, 1.54) is 11.1 Å². The molecule has 6 heteroatoms. The van der Waals surface area contributed by atoms with E-state index in [1.807, 2.05) is 18.2 Å². The predicted octanol–water partition coefficient (Wildman–Crippen LogP) is 3.02. The van der Waals surface area contributed by atoms with Gasteiger partial charge in [0.25, 0.3) is 0 Å². The smallest absolute Gasteiger partial charge is 0.188 e. The molecule has 1 atom stereocenters. The lowest BCUT2D eigenvalue weighted by molar-refractivity contribution is 0.306. The summed E-state index contributed by atoms with van der Waals surface area (Å²) in [6, 6.07) is 14.8. The van der Waals surface area contributed by atoms with Crippen molar-refractivity contribution in [3.8, 4) is 11.5 Å². The number of ether oxygens (including phenoxy) is 2. The van der Waals surface area contributed by atoms with Gasteiger partial charge in [0, 0.05) is 6.54 Å². The highest BCUT2D eigenvalue weighted by molar-refractivity contribution is 5.77. The Bertz CT molecular complexity index is 788. The number of hydrogen-bond acceptors (Lipinski definition) is 4. The summed E-state index contributed by atoms with van der Waals surface area (Å²) < 4.78 is 10.6. The van der Waals surface area contributed by atoms with E-state index in [0.717, 1.165) is 29.9 Å². The lowest BCUT2D eigenvalue weighted by Gasteiger charge is -2.23. The molecular weight excluding hydrogens is 364 g/mol. The zero-order valence-electron chi connectivity index (χ0n) is 18.2. The molecule has 0 radical (unpaired) electrons. The summed E-state index contributed by atoms with van der Waals surface area (Å²) in [5.41, 5.74) is 9.81. The van der Waals surface area contributed by atoms with Gasteiger partial charge in [-0.15, -0.1) is 0 Å². The summed E-state index contributed by atoms with van der Waals surface area (Å²) in [7, 11) is 7.40. The van der Waals surface area contributed by atoms with Crippen molar-refractivity contribution in [2.75, 3.05) is 41.4 Å². The Kier molecular flexibility index (Phi) is 8.80. The molecule has 0 bridgehead atoms. The van der Waals surface area contributed by atoms with E-state index in [-0.39, 0.29) is 6.04 Å². The van der Waals surface area contributed by atoms with Crippen LogP contribution in [0, 0.1) is 0 Å². The van der Waals surface area contributed by atoms with Crippen LogP contribution in [0.1, 0.15) is 29.7 Å². The highest BCUT2D eigenvalue weighted by Crippen LogP contribution is 2.27. The SMILES string of the molecule is CCc1ccc(C(CN=C(N)NCCc2ccc(OC)c(OC)c2)N(C)C)cc1. The van der Waals surface area contributed by atoms with Gasteiger partial charge in [0.15, 0.2) is 17.5 Å². The van der Waals surface area contributed by atoms with Crippen LogP contribution in [0.15, 0.2) is 47.5 Å². The van der Waals surface area contributed by atoms with Gasteiger partial charge in [0.2, 0.25) is 0 Å². The highest BCUT2D eigenvalue weighted by atomic mass is 16.5. The number of aryl methyl sites for hydroxylation is 1. The lowest BCUT2D eigenvalue weighted by atomic mass is 10.0. The van der Waals surface area contributed by atoms with Gasteiger partial charge < -0.3 is 25.4 Å². The Balaban J connectivity index is 1.91. The van der Waals surface area contributed by atoms with Crippen LogP contribution in [0.2, 0.25) is 0 Å². The van der Waals surface area contributed by atoms with Crippen LogP contribution in [-0.4, -0.2) is 52.3 Å². The fourth-order valence-electron chi connectivity index (χ4n) is 3.15. The zero-order valence-corrected chi connectivity index (χ0v) is 18.2.